The summed E-state index contributed by atoms with van der Waals surface area (Å²) in [6.45, 7) is 23.8. The number of sulfone groups is 1. The van der Waals surface area contributed by atoms with Crippen molar-refractivity contribution >= 4 is 9.84 Å². The molecule has 0 fully saturated rings. The molecule has 0 saturated heterocycles. The van der Waals surface area contributed by atoms with Gasteiger partial charge in [0.05, 0.1) is 9.79 Å². The Hall–Kier alpha value is -5.51. The van der Waals surface area contributed by atoms with Crippen molar-refractivity contribution in [2.45, 2.75) is 96.8 Å². The number of hydrogen-bond donors (Lipinski definition) is 0. The van der Waals surface area contributed by atoms with Gasteiger partial charge >= 0.3 is 0 Å². The van der Waals surface area contributed by atoms with E-state index in [2.05, 4.69) is 178 Å². The summed E-state index contributed by atoms with van der Waals surface area (Å²) in [7, 11) is -3.37. The molecule has 298 valence electrons. The SMILES string of the molecule is Cc1ccc(C(C)(C)c2ccc(C)c(C)c2)cc1C.Cc1ccc(C(C)(c2ccccc2)c2ccc(C)cc2)cc1.Cc1ccc(S(=O)(=O)c2ccc(C)cc2)cc1. The average Bonchev–Trinajstić information content (AvgIpc) is 3.21. The molecule has 0 atom stereocenters. The van der Waals surface area contributed by atoms with Gasteiger partial charge < -0.3 is 0 Å². The van der Waals surface area contributed by atoms with Crippen LogP contribution in [0, 0.1) is 55.4 Å². The molecule has 0 unspecified atom stereocenters. The van der Waals surface area contributed by atoms with Crippen LogP contribution in [0.15, 0.2) is 174 Å². The van der Waals surface area contributed by atoms with Gasteiger partial charge in [0.1, 0.15) is 0 Å². The van der Waals surface area contributed by atoms with Crippen LogP contribution in [0.1, 0.15) is 93.1 Å². The van der Waals surface area contributed by atoms with E-state index < -0.39 is 9.84 Å². The Bertz CT molecular complexity index is 2380. The molecule has 0 spiro atoms. The van der Waals surface area contributed by atoms with Crippen molar-refractivity contribution in [3.63, 3.8) is 0 Å². The van der Waals surface area contributed by atoms with E-state index in [1.165, 1.54) is 61.2 Å². The van der Waals surface area contributed by atoms with Crippen LogP contribution in [-0.4, -0.2) is 8.42 Å². The highest BCUT2D eigenvalue weighted by molar-refractivity contribution is 7.91. The van der Waals surface area contributed by atoms with Crippen LogP contribution in [0.4, 0.5) is 0 Å². The summed E-state index contributed by atoms with van der Waals surface area (Å²) in [5.74, 6) is 0. The molecular formula is C55H60O2S. The fourth-order valence-corrected chi connectivity index (χ4v) is 8.30. The van der Waals surface area contributed by atoms with Gasteiger partial charge in [0, 0.05) is 10.8 Å². The molecule has 0 aliphatic rings. The summed E-state index contributed by atoms with van der Waals surface area (Å²) in [5, 5.41) is 0. The van der Waals surface area contributed by atoms with Crippen molar-refractivity contribution in [3.05, 3.63) is 236 Å². The van der Waals surface area contributed by atoms with Crippen molar-refractivity contribution < 1.29 is 8.42 Å². The van der Waals surface area contributed by atoms with E-state index >= 15 is 0 Å². The van der Waals surface area contributed by atoms with E-state index in [1.807, 2.05) is 13.8 Å². The van der Waals surface area contributed by atoms with Gasteiger partial charge in [-0.3, -0.25) is 0 Å². The maximum atomic E-state index is 12.3. The fourth-order valence-electron chi connectivity index (χ4n) is 7.04. The second-order valence-electron chi connectivity index (χ2n) is 16.6. The third-order valence-electron chi connectivity index (χ3n) is 11.7. The van der Waals surface area contributed by atoms with Gasteiger partial charge in [0.15, 0.2) is 0 Å². The van der Waals surface area contributed by atoms with Crippen LogP contribution in [0.5, 0.6) is 0 Å². The molecule has 0 heterocycles. The van der Waals surface area contributed by atoms with Crippen LogP contribution in [0.25, 0.3) is 0 Å². The number of hydrogen-bond acceptors (Lipinski definition) is 2. The van der Waals surface area contributed by atoms with Gasteiger partial charge in [0.2, 0.25) is 9.84 Å². The molecule has 0 saturated carbocycles. The van der Waals surface area contributed by atoms with Crippen molar-refractivity contribution in [2.75, 3.05) is 0 Å². The van der Waals surface area contributed by atoms with E-state index in [0.29, 0.717) is 9.79 Å². The van der Waals surface area contributed by atoms with Crippen molar-refractivity contribution in [3.8, 4) is 0 Å². The first-order valence-electron chi connectivity index (χ1n) is 20.2. The summed E-state index contributed by atoms with van der Waals surface area (Å²) < 4.78 is 24.5. The molecule has 58 heavy (non-hydrogen) atoms. The van der Waals surface area contributed by atoms with Gasteiger partial charge in [0.25, 0.3) is 0 Å². The maximum Gasteiger partial charge on any atom is 0.206 e. The topological polar surface area (TPSA) is 34.1 Å². The third kappa shape index (κ3) is 10.1. The Morgan fingerprint density at radius 3 is 0.948 bits per heavy atom. The molecule has 0 bridgehead atoms. The monoisotopic (exact) mass is 784 g/mol. The van der Waals surface area contributed by atoms with Crippen LogP contribution in [0.3, 0.4) is 0 Å². The Labute approximate surface area is 349 Å². The first kappa shape index (κ1) is 43.6. The van der Waals surface area contributed by atoms with Gasteiger partial charge in [-0.1, -0.05) is 176 Å². The zero-order valence-electron chi connectivity index (χ0n) is 36.3. The third-order valence-corrected chi connectivity index (χ3v) is 13.5. The van der Waals surface area contributed by atoms with Crippen molar-refractivity contribution in [1.29, 1.82) is 0 Å². The summed E-state index contributed by atoms with van der Waals surface area (Å²) in [4.78, 5) is 0.680. The average molecular weight is 785 g/mol. The van der Waals surface area contributed by atoms with E-state index in [-0.39, 0.29) is 10.8 Å². The van der Waals surface area contributed by atoms with Crippen LogP contribution in [-0.2, 0) is 20.7 Å². The van der Waals surface area contributed by atoms with E-state index in [4.69, 9.17) is 0 Å². The molecule has 7 rings (SSSR count). The zero-order chi connectivity index (χ0) is 42.3. The fraction of sp³-hybridized carbons (Fsp3) is 0.236. The molecule has 0 N–H and O–H groups in total. The number of benzene rings is 7. The van der Waals surface area contributed by atoms with Gasteiger partial charge in [-0.25, -0.2) is 8.42 Å². The summed E-state index contributed by atoms with van der Waals surface area (Å²) >= 11 is 0. The number of aryl methyl sites for hydroxylation is 8. The van der Waals surface area contributed by atoms with E-state index in [9.17, 15) is 8.42 Å². The first-order chi connectivity index (χ1) is 27.4. The Morgan fingerprint density at radius 2 is 0.621 bits per heavy atom. The predicted octanol–water partition coefficient (Wildman–Crippen LogP) is 14.0. The normalized spacial score (nSPS) is 11.5. The van der Waals surface area contributed by atoms with E-state index in [0.717, 1.165) is 11.1 Å². The van der Waals surface area contributed by atoms with Crippen molar-refractivity contribution in [1.82, 2.24) is 0 Å². The van der Waals surface area contributed by atoms with Crippen LogP contribution >= 0.6 is 0 Å². The molecule has 2 nitrogen and oxygen atoms in total. The van der Waals surface area contributed by atoms with E-state index in [1.54, 1.807) is 48.5 Å². The summed E-state index contributed by atoms with van der Waals surface area (Å²) in [5.41, 5.74) is 16.8. The Kier molecular flexibility index (Phi) is 13.8. The van der Waals surface area contributed by atoms with Crippen molar-refractivity contribution in [2.24, 2.45) is 0 Å². The summed E-state index contributed by atoms with van der Waals surface area (Å²) in [6, 6.07) is 56.0. The number of rotatable bonds is 7. The molecule has 3 heteroatoms. The second kappa shape index (κ2) is 18.4. The van der Waals surface area contributed by atoms with Crippen LogP contribution < -0.4 is 0 Å². The standard InChI is InChI=1S/C22H22.C19H24.C14H14O2S/c1-17-9-13-20(14-10-17)22(3,19-7-5-4-6-8-19)21-15-11-18(2)12-16-21;1-13-7-9-17(11-15(13)3)19(5,6)18-10-8-14(2)16(4)12-18;1-11-3-7-13(8-4-11)17(15,16)14-9-5-12(2)6-10-14/h4-16H,1-3H3;7-12H,1-6H3;3-10H,1-2H3. The molecule has 0 amide bonds. The highest BCUT2D eigenvalue weighted by Crippen LogP contribution is 2.39. The lowest BCUT2D eigenvalue weighted by atomic mass is 9.71. The molecule has 0 aromatic heterocycles. The second-order valence-corrected chi connectivity index (χ2v) is 18.5. The maximum absolute atomic E-state index is 12.3. The highest BCUT2D eigenvalue weighted by atomic mass is 32.2. The van der Waals surface area contributed by atoms with Gasteiger partial charge in [-0.2, -0.15) is 0 Å². The molecular weight excluding hydrogens is 725 g/mol. The minimum Gasteiger partial charge on any atom is -0.219 e. The van der Waals surface area contributed by atoms with Gasteiger partial charge in [-0.05, 0) is 137 Å². The highest BCUT2D eigenvalue weighted by Gasteiger charge is 2.31. The molecule has 7 aromatic carbocycles. The molecule has 0 radical (unpaired) electrons. The molecule has 0 aliphatic carbocycles. The minimum absolute atomic E-state index is 0.0525. The smallest absolute Gasteiger partial charge is 0.206 e. The molecule has 0 aliphatic heterocycles. The Morgan fingerprint density at radius 1 is 0.328 bits per heavy atom. The lowest BCUT2D eigenvalue weighted by Gasteiger charge is -2.32. The lowest BCUT2D eigenvalue weighted by Crippen LogP contribution is -2.25. The first-order valence-corrected chi connectivity index (χ1v) is 21.6. The quantitative estimate of drug-likeness (QED) is 0.151. The molecule has 7 aromatic rings. The van der Waals surface area contributed by atoms with Crippen LogP contribution in [0.2, 0.25) is 0 Å². The van der Waals surface area contributed by atoms with Gasteiger partial charge in [-0.15, -0.1) is 0 Å². The largest absolute Gasteiger partial charge is 0.219 e. The minimum atomic E-state index is -3.37. The Balaban J connectivity index is 0.000000167. The zero-order valence-corrected chi connectivity index (χ0v) is 37.1. The predicted molar refractivity (Wildman–Crippen MR) is 246 cm³/mol. The lowest BCUT2D eigenvalue weighted by molar-refractivity contribution is 0.596. The summed E-state index contributed by atoms with van der Waals surface area (Å²) in [6.07, 6.45) is 0.